The molecule has 0 radical (unpaired) electrons. The van der Waals surface area contributed by atoms with Crippen LogP contribution in [0.4, 0.5) is 10.1 Å². The molecule has 1 aliphatic carbocycles. The largest absolute Gasteiger partial charge is 0.397 e. The fourth-order valence-electron chi connectivity index (χ4n) is 3.97. The van der Waals surface area contributed by atoms with Gasteiger partial charge >= 0.3 is 0 Å². The third-order valence-electron chi connectivity index (χ3n) is 5.64. The third-order valence-corrected chi connectivity index (χ3v) is 5.64. The summed E-state index contributed by atoms with van der Waals surface area (Å²) in [6, 6.07) is 3.77. The molecule has 0 amide bonds. The fraction of sp³-hybridized carbons (Fsp3) is 0.550. The Balaban J connectivity index is 1.64. The van der Waals surface area contributed by atoms with Crippen molar-refractivity contribution in [2.75, 3.05) is 5.73 Å². The van der Waals surface area contributed by atoms with Gasteiger partial charge in [0.25, 0.3) is 0 Å². The number of nitrogen functional groups attached to an aromatic ring is 1. The number of halogens is 1. The van der Waals surface area contributed by atoms with Gasteiger partial charge in [-0.15, -0.1) is 0 Å². The van der Waals surface area contributed by atoms with Gasteiger partial charge in [-0.2, -0.15) is 0 Å². The molecule has 3 heterocycles. The van der Waals surface area contributed by atoms with Gasteiger partial charge in [-0.3, -0.25) is 4.98 Å². The Hall–Kier alpha value is -1.68. The molecule has 4 rings (SSSR count). The standard InChI is InChI=1S/C20H25FN2O/c1-20(2)9-7-12(8-10-20)19-15(22)4-5-16(23-19)14-11-13-3-6-17(24-13)18(14)21/h3-7,13-14,17-18H,8-11,22H2,1-2H3. The summed E-state index contributed by atoms with van der Waals surface area (Å²) in [4.78, 5) is 4.80. The smallest absolute Gasteiger partial charge is 0.138 e. The van der Waals surface area contributed by atoms with Gasteiger partial charge in [0, 0.05) is 11.6 Å². The minimum atomic E-state index is -1.04. The number of pyridine rings is 1. The van der Waals surface area contributed by atoms with E-state index < -0.39 is 12.3 Å². The van der Waals surface area contributed by atoms with Crippen molar-refractivity contribution in [3.8, 4) is 0 Å². The van der Waals surface area contributed by atoms with Crippen LogP contribution in [0.3, 0.4) is 0 Å². The van der Waals surface area contributed by atoms with E-state index in [0.717, 1.165) is 30.7 Å². The maximum atomic E-state index is 14.7. The molecule has 2 N–H and O–H groups in total. The predicted molar refractivity (Wildman–Crippen MR) is 94.3 cm³/mol. The molecule has 2 bridgehead atoms. The molecule has 4 unspecified atom stereocenters. The maximum Gasteiger partial charge on any atom is 0.138 e. The number of alkyl halides is 1. The van der Waals surface area contributed by atoms with Gasteiger partial charge in [0.2, 0.25) is 0 Å². The predicted octanol–water partition coefficient (Wildman–Crippen LogP) is 4.41. The van der Waals surface area contributed by atoms with Crippen LogP contribution in [0.2, 0.25) is 0 Å². The van der Waals surface area contributed by atoms with Gasteiger partial charge in [-0.05, 0) is 48.8 Å². The van der Waals surface area contributed by atoms with Gasteiger partial charge in [0.15, 0.2) is 0 Å². The lowest BCUT2D eigenvalue weighted by molar-refractivity contribution is -0.0433. The molecule has 3 aliphatic rings. The van der Waals surface area contributed by atoms with Crippen LogP contribution in [-0.2, 0) is 4.74 Å². The Bertz CT molecular complexity index is 710. The summed E-state index contributed by atoms with van der Waals surface area (Å²) in [6.45, 7) is 4.57. The lowest BCUT2D eigenvalue weighted by atomic mass is 9.77. The SMILES string of the molecule is CC1(C)CC=C(c2nc(C3CC4C=CC(O4)C3F)ccc2N)CC1. The van der Waals surface area contributed by atoms with Crippen LogP contribution in [0.1, 0.15) is 56.8 Å². The van der Waals surface area contributed by atoms with Crippen LogP contribution in [0.5, 0.6) is 0 Å². The molecule has 128 valence electrons. The number of allylic oxidation sites excluding steroid dienone is 2. The number of hydrogen-bond acceptors (Lipinski definition) is 3. The van der Waals surface area contributed by atoms with Gasteiger partial charge in [0.1, 0.15) is 12.3 Å². The van der Waals surface area contributed by atoms with Crippen molar-refractivity contribution in [2.45, 2.75) is 63.8 Å². The number of hydrogen-bond donors (Lipinski definition) is 1. The summed E-state index contributed by atoms with van der Waals surface area (Å²) in [6.07, 6.45) is 8.42. The lowest BCUT2D eigenvalue weighted by Crippen LogP contribution is -2.36. The van der Waals surface area contributed by atoms with Crippen molar-refractivity contribution >= 4 is 11.3 Å². The Morgan fingerprint density at radius 1 is 1.29 bits per heavy atom. The minimum Gasteiger partial charge on any atom is -0.397 e. The van der Waals surface area contributed by atoms with E-state index in [1.165, 1.54) is 5.57 Å². The number of ether oxygens (including phenoxy) is 1. The molecular formula is C20H25FN2O. The highest BCUT2D eigenvalue weighted by molar-refractivity contribution is 5.73. The molecule has 0 spiro atoms. The molecule has 24 heavy (non-hydrogen) atoms. The van der Waals surface area contributed by atoms with Crippen molar-refractivity contribution in [2.24, 2.45) is 5.41 Å². The number of fused-ring (bicyclic) bond motifs is 2. The highest BCUT2D eigenvalue weighted by Gasteiger charge is 2.41. The molecule has 1 aromatic rings. The monoisotopic (exact) mass is 328 g/mol. The maximum absolute atomic E-state index is 14.7. The topological polar surface area (TPSA) is 48.1 Å². The Morgan fingerprint density at radius 3 is 2.88 bits per heavy atom. The molecule has 1 fully saturated rings. The molecule has 2 aliphatic heterocycles. The van der Waals surface area contributed by atoms with Crippen LogP contribution in [0, 0.1) is 5.41 Å². The summed E-state index contributed by atoms with van der Waals surface area (Å²) >= 11 is 0. The van der Waals surface area contributed by atoms with Crippen molar-refractivity contribution in [1.29, 1.82) is 0 Å². The summed E-state index contributed by atoms with van der Waals surface area (Å²) < 4.78 is 20.3. The van der Waals surface area contributed by atoms with Crippen LogP contribution in [-0.4, -0.2) is 23.4 Å². The van der Waals surface area contributed by atoms with Crippen molar-refractivity contribution < 1.29 is 9.13 Å². The minimum absolute atomic E-state index is 0.0181. The second kappa shape index (κ2) is 5.69. The zero-order chi connectivity index (χ0) is 16.9. The summed E-state index contributed by atoms with van der Waals surface area (Å²) in [5.74, 6) is -0.219. The Labute approximate surface area is 142 Å². The zero-order valence-electron chi connectivity index (χ0n) is 14.3. The van der Waals surface area contributed by atoms with Crippen LogP contribution in [0.15, 0.2) is 30.4 Å². The van der Waals surface area contributed by atoms with Gasteiger partial charge < -0.3 is 10.5 Å². The first-order valence-electron chi connectivity index (χ1n) is 8.87. The van der Waals surface area contributed by atoms with Gasteiger partial charge in [-0.1, -0.05) is 32.1 Å². The number of nitrogens with zero attached hydrogens (tertiary/aromatic N) is 1. The first-order valence-corrected chi connectivity index (χ1v) is 8.87. The van der Waals surface area contributed by atoms with Crippen molar-refractivity contribution in [3.05, 3.63) is 41.7 Å². The molecule has 4 atom stereocenters. The van der Waals surface area contributed by atoms with Crippen LogP contribution in [0.25, 0.3) is 5.57 Å². The van der Waals surface area contributed by atoms with E-state index in [0.29, 0.717) is 17.5 Å². The highest BCUT2D eigenvalue weighted by Crippen LogP contribution is 2.42. The van der Waals surface area contributed by atoms with Gasteiger partial charge in [-0.25, -0.2) is 4.39 Å². The van der Waals surface area contributed by atoms with E-state index in [2.05, 4.69) is 19.9 Å². The summed E-state index contributed by atoms with van der Waals surface area (Å²) in [5.41, 5.74) is 10.1. The van der Waals surface area contributed by atoms with E-state index in [1.54, 1.807) is 0 Å². The fourth-order valence-corrected chi connectivity index (χ4v) is 3.97. The van der Waals surface area contributed by atoms with E-state index in [9.17, 15) is 4.39 Å². The average molecular weight is 328 g/mol. The highest BCUT2D eigenvalue weighted by atomic mass is 19.1. The quantitative estimate of drug-likeness (QED) is 0.818. The number of rotatable bonds is 2. The molecule has 0 saturated carbocycles. The van der Waals surface area contributed by atoms with Crippen LogP contribution >= 0.6 is 0 Å². The number of anilines is 1. The molecular weight excluding hydrogens is 303 g/mol. The molecule has 3 nitrogen and oxygen atoms in total. The van der Waals surface area contributed by atoms with E-state index >= 15 is 0 Å². The Kier molecular flexibility index (Phi) is 3.75. The normalized spacial score (nSPS) is 34.2. The van der Waals surface area contributed by atoms with Crippen molar-refractivity contribution in [1.82, 2.24) is 4.98 Å². The second-order valence-electron chi connectivity index (χ2n) is 8.08. The average Bonchev–Trinajstić information content (AvgIpc) is 2.96. The zero-order valence-corrected chi connectivity index (χ0v) is 14.3. The Morgan fingerprint density at radius 2 is 2.12 bits per heavy atom. The third kappa shape index (κ3) is 2.77. The molecule has 0 aromatic carbocycles. The van der Waals surface area contributed by atoms with E-state index in [4.69, 9.17) is 15.5 Å². The molecule has 1 saturated heterocycles. The first-order chi connectivity index (χ1) is 11.4. The lowest BCUT2D eigenvalue weighted by Gasteiger charge is -2.32. The van der Waals surface area contributed by atoms with E-state index in [-0.39, 0.29) is 12.0 Å². The van der Waals surface area contributed by atoms with Crippen LogP contribution < -0.4 is 5.73 Å². The van der Waals surface area contributed by atoms with Gasteiger partial charge in [0.05, 0.1) is 17.5 Å². The number of aromatic nitrogens is 1. The second-order valence-corrected chi connectivity index (χ2v) is 8.08. The molecule has 4 heteroatoms. The first kappa shape index (κ1) is 15.8. The summed E-state index contributed by atoms with van der Waals surface area (Å²) in [7, 11) is 0. The van der Waals surface area contributed by atoms with E-state index in [1.807, 2.05) is 24.3 Å². The van der Waals surface area contributed by atoms with Crippen molar-refractivity contribution in [3.63, 3.8) is 0 Å². The molecule has 1 aromatic heterocycles. The summed E-state index contributed by atoms with van der Waals surface area (Å²) in [5, 5.41) is 0. The number of nitrogens with two attached hydrogens (primary N) is 1.